The van der Waals surface area contributed by atoms with Crippen LogP contribution in [-0.2, 0) is 0 Å². The summed E-state index contributed by atoms with van der Waals surface area (Å²) in [6.45, 7) is 3.99. The van der Waals surface area contributed by atoms with Crippen molar-refractivity contribution in [2.45, 2.75) is 19.8 Å². The maximum Gasteiger partial charge on any atom is 0.142 e. The molecule has 1 aliphatic heterocycles. The van der Waals surface area contributed by atoms with Crippen molar-refractivity contribution in [2.24, 2.45) is 5.92 Å². The summed E-state index contributed by atoms with van der Waals surface area (Å²) in [6, 6.07) is 8.24. The van der Waals surface area contributed by atoms with Gasteiger partial charge in [0.2, 0.25) is 0 Å². The van der Waals surface area contributed by atoms with Gasteiger partial charge in [-0.15, -0.1) is 0 Å². The molecular weight excluding hydrogens is 230 g/mol. The van der Waals surface area contributed by atoms with E-state index in [-0.39, 0.29) is 0 Å². The topological polar surface area (TPSA) is 21.3 Å². The third kappa shape index (κ3) is 3.84. The summed E-state index contributed by atoms with van der Waals surface area (Å²) in [4.78, 5) is 0. The minimum Gasteiger partial charge on any atom is -0.491 e. The van der Waals surface area contributed by atoms with E-state index in [0.717, 1.165) is 36.9 Å². The molecule has 17 heavy (non-hydrogen) atoms. The molecule has 94 valence electrons. The molecule has 1 fully saturated rings. The van der Waals surface area contributed by atoms with Crippen LogP contribution in [0.2, 0.25) is 0 Å². The van der Waals surface area contributed by atoms with Crippen molar-refractivity contribution >= 4 is 17.4 Å². The van der Waals surface area contributed by atoms with Gasteiger partial charge < -0.3 is 10.1 Å². The van der Waals surface area contributed by atoms with Crippen LogP contribution in [0.5, 0.6) is 5.75 Å². The molecule has 2 rings (SSSR count). The third-order valence-electron chi connectivity index (χ3n) is 2.95. The van der Waals surface area contributed by atoms with E-state index in [1.54, 1.807) is 0 Å². The van der Waals surface area contributed by atoms with Gasteiger partial charge in [0.1, 0.15) is 5.75 Å². The van der Waals surface area contributed by atoms with E-state index in [1.165, 1.54) is 17.9 Å². The summed E-state index contributed by atoms with van der Waals surface area (Å²) >= 11 is 2.06. The molecule has 0 aromatic heterocycles. The first-order chi connectivity index (χ1) is 8.40. The number of rotatable bonds is 6. The van der Waals surface area contributed by atoms with Gasteiger partial charge in [-0.3, -0.25) is 0 Å². The second-order valence-corrected chi connectivity index (χ2v) is 5.60. The van der Waals surface area contributed by atoms with Crippen molar-refractivity contribution in [3.63, 3.8) is 0 Å². The second kappa shape index (κ2) is 6.80. The van der Waals surface area contributed by atoms with Crippen LogP contribution in [0.25, 0.3) is 0 Å². The zero-order chi connectivity index (χ0) is 11.9. The van der Waals surface area contributed by atoms with E-state index >= 15 is 0 Å². The Kier molecular flexibility index (Phi) is 5.05. The standard InChI is InChI=1S/C14H21NOS/c1-2-8-16-14-6-4-3-5-13(14)15-10-12-7-9-17-11-12/h3-6,12,15H,2,7-11H2,1H3. The van der Waals surface area contributed by atoms with Crippen LogP contribution in [0, 0.1) is 5.92 Å². The molecule has 3 heteroatoms. The van der Waals surface area contributed by atoms with E-state index in [9.17, 15) is 0 Å². The highest BCUT2D eigenvalue weighted by atomic mass is 32.2. The Morgan fingerprint density at radius 1 is 1.41 bits per heavy atom. The normalized spacial score (nSPS) is 19.2. The van der Waals surface area contributed by atoms with Gasteiger partial charge in [0.15, 0.2) is 0 Å². The number of benzene rings is 1. The summed E-state index contributed by atoms with van der Waals surface area (Å²) in [6.07, 6.45) is 2.39. The first kappa shape index (κ1) is 12.6. The maximum absolute atomic E-state index is 5.73. The van der Waals surface area contributed by atoms with Gasteiger partial charge >= 0.3 is 0 Å². The predicted octanol–water partition coefficient (Wildman–Crippen LogP) is 3.64. The lowest BCUT2D eigenvalue weighted by Crippen LogP contribution is -2.14. The quantitative estimate of drug-likeness (QED) is 0.834. The fourth-order valence-corrected chi connectivity index (χ4v) is 3.23. The van der Waals surface area contributed by atoms with Crippen molar-refractivity contribution in [1.82, 2.24) is 0 Å². The Morgan fingerprint density at radius 2 is 2.29 bits per heavy atom. The number of hydrogen-bond donors (Lipinski definition) is 1. The van der Waals surface area contributed by atoms with Crippen LogP contribution in [0.15, 0.2) is 24.3 Å². The van der Waals surface area contributed by atoms with Gasteiger partial charge in [-0.1, -0.05) is 19.1 Å². The Labute approximate surface area is 108 Å². The lowest BCUT2D eigenvalue weighted by atomic mass is 10.1. The number of nitrogens with one attached hydrogen (secondary N) is 1. The van der Waals surface area contributed by atoms with Crippen LogP contribution in [0.4, 0.5) is 5.69 Å². The van der Waals surface area contributed by atoms with Gasteiger partial charge in [-0.2, -0.15) is 11.8 Å². The molecular formula is C14H21NOS. The molecule has 0 saturated carbocycles. The Morgan fingerprint density at radius 3 is 3.06 bits per heavy atom. The summed E-state index contributed by atoms with van der Waals surface area (Å²) in [5.41, 5.74) is 1.14. The van der Waals surface area contributed by atoms with Crippen molar-refractivity contribution in [2.75, 3.05) is 30.0 Å². The highest BCUT2D eigenvalue weighted by Crippen LogP contribution is 2.27. The SMILES string of the molecule is CCCOc1ccccc1NCC1CCSC1. The van der Waals surface area contributed by atoms with Gasteiger partial charge in [0.05, 0.1) is 12.3 Å². The van der Waals surface area contributed by atoms with Gasteiger partial charge in [0, 0.05) is 6.54 Å². The molecule has 0 amide bonds. The minimum atomic E-state index is 0.790. The van der Waals surface area contributed by atoms with Gasteiger partial charge in [-0.25, -0.2) is 0 Å². The van der Waals surface area contributed by atoms with Crippen LogP contribution in [0.3, 0.4) is 0 Å². The highest BCUT2D eigenvalue weighted by Gasteiger charge is 2.15. The molecule has 1 aromatic carbocycles. The summed E-state index contributed by atoms with van der Waals surface area (Å²) in [5.74, 6) is 4.42. The van der Waals surface area contributed by atoms with E-state index in [1.807, 2.05) is 12.1 Å². The number of para-hydroxylation sites is 2. The first-order valence-electron chi connectivity index (χ1n) is 6.43. The second-order valence-electron chi connectivity index (χ2n) is 4.46. The average molecular weight is 251 g/mol. The lowest BCUT2D eigenvalue weighted by molar-refractivity contribution is 0.318. The van der Waals surface area contributed by atoms with Crippen LogP contribution in [0.1, 0.15) is 19.8 Å². The fourth-order valence-electron chi connectivity index (χ4n) is 1.95. The van der Waals surface area contributed by atoms with Gasteiger partial charge in [0.25, 0.3) is 0 Å². The Balaban J connectivity index is 1.89. The van der Waals surface area contributed by atoms with E-state index in [2.05, 4.69) is 36.1 Å². The summed E-state index contributed by atoms with van der Waals surface area (Å²) in [7, 11) is 0. The molecule has 0 bridgehead atoms. The molecule has 0 aliphatic carbocycles. The molecule has 0 radical (unpaired) electrons. The molecule has 2 nitrogen and oxygen atoms in total. The van der Waals surface area contributed by atoms with Crippen molar-refractivity contribution < 1.29 is 4.74 Å². The van der Waals surface area contributed by atoms with Crippen LogP contribution in [-0.4, -0.2) is 24.7 Å². The third-order valence-corrected chi connectivity index (χ3v) is 4.19. The zero-order valence-corrected chi connectivity index (χ0v) is 11.3. The fraction of sp³-hybridized carbons (Fsp3) is 0.571. The molecule has 1 saturated heterocycles. The van der Waals surface area contributed by atoms with E-state index in [0.29, 0.717) is 0 Å². The molecule has 1 aromatic rings. The minimum absolute atomic E-state index is 0.790. The van der Waals surface area contributed by atoms with Crippen molar-refractivity contribution in [1.29, 1.82) is 0 Å². The van der Waals surface area contributed by atoms with Crippen LogP contribution >= 0.6 is 11.8 Å². The smallest absolute Gasteiger partial charge is 0.142 e. The van der Waals surface area contributed by atoms with E-state index in [4.69, 9.17) is 4.74 Å². The lowest BCUT2D eigenvalue weighted by Gasteiger charge is -2.15. The zero-order valence-electron chi connectivity index (χ0n) is 10.4. The maximum atomic E-state index is 5.73. The number of hydrogen-bond acceptors (Lipinski definition) is 3. The molecule has 1 N–H and O–H groups in total. The summed E-state index contributed by atoms with van der Waals surface area (Å²) in [5, 5.41) is 3.53. The first-order valence-corrected chi connectivity index (χ1v) is 7.59. The largest absolute Gasteiger partial charge is 0.491 e. The molecule has 1 atom stereocenters. The molecule has 1 heterocycles. The van der Waals surface area contributed by atoms with Crippen molar-refractivity contribution in [3.8, 4) is 5.75 Å². The monoisotopic (exact) mass is 251 g/mol. The number of anilines is 1. The predicted molar refractivity (Wildman–Crippen MR) is 76.1 cm³/mol. The van der Waals surface area contributed by atoms with E-state index < -0.39 is 0 Å². The molecule has 0 spiro atoms. The Bertz CT molecular complexity index is 337. The number of thioether (sulfide) groups is 1. The van der Waals surface area contributed by atoms with Crippen LogP contribution < -0.4 is 10.1 Å². The average Bonchev–Trinajstić information content (AvgIpc) is 2.88. The summed E-state index contributed by atoms with van der Waals surface area (Å²) < 4.78 is 5.73. The molecule has 1 unspecified atom stereocenters. The number of ether oxygens (including phenoxy) is 1. The Hall–Kier alpha value is -0.830. The highest BCUT2D eigenvalue weighted by molar-refractivity contribution is 7.99. The van der Waals surface area contributed by atoms with Crippen molar-refractivity contribution in [3.05, 3.63) is 24.3 Å². The van der Waals surface area contributed by atoms with Gasteiger partial charge in [-0.05, 0) is 42.4 Å². The molecule has 1 aliphatic rings.